The van der Waals surface area contributed by atoms with Crippen molar-refractivity contribution in [2.75, 3.05) is 0 Å². The fourth-order valence-electron chi connectivity index (χ4n) is 7.90. The van der Waals surface area contributed by atoms with Gasteiger partial charge in [-0.15, -0.1) is 0 Å². The molecule has 0 saturated carbocycles. The molecule has 0 atom stereocenters. The van der Waals surface area contributed by atoms with E-state index in [1.807, 2.05) is 0 Å². The average Bonchev–Trinajstić information content (AvgIpc) is 3.10. The Balaban J connectivity index is -0.000000263. The monoisotopic (exact) mass is 1020 g/mol. The molecule has 0 aromatic heterocycles. The van der Waals surface area contributed by atoms with Gasteiger partial charge < -0.3 is 20.4 Å². The van der Waals surface area contributed by atoms with Crippen LogP contribution in [0.5, 0.6) is 0 Å². The summed E-state index contributed by atoms with van der Waals surface area (Å²) in [5.74, 6) is -28.8. The molecule has 0 aliphatic rings. The quantitative estimate of drug-likeness (QED) is 0.0736. The summed E-state index contributed by atoms with van der Waals surface area (Å²) in [5.41, 5.74) is -10.4. The molecule has 0 radical (unpaired) electrons. The Morgan fingerprint density at radius 1 is 0.217 bits per heavy atom. The van der Waals surface area contributed by atoms with Gasteiger partial charge in [0.1, 0.15) is 69.9 Å². The fraction of sp³-hybridized carbons (Fsp3) is 0.545. The van der Waals surface area contributed by atoms with Crippen molar-refractivity contribution in [3.05, 3.63) is 0 Å². The maximum atomic E-state index is 11.5. The molecule has 0 aliphatic heterocycles. The molecule has 0 unspecified atom stereocenters. The molecule has 0 amide bonds. The summed E-state index contributed by atoms with van der Waals surface area (Å²) in [7, 11) is 0. The number of carboxylic acids is 4. The minimum Gasteiger partial charge on any atom is -0.480 e. The third-order valence-corrected chi connectivity index (χ3v) is 10.8. The molecule has 0 rings (SSSR count). The second kappa shape index (κ2) is 28.0. The maximum Gasteiger partial charge on any atom is 0.326 e. The molecule has 4 N–H and O–H groups in total. The number of carboxylic acid groups (broad SMARTS) is 4. The van der Waals surface area contributed by atoms with E-state index in [9.17, 15) is 95.9 Å². The second-order valence-corrected chi connectivity index (χ2v) is 15.5. The summed E-state index contributed by atoms with van der Waals surface area (Å²) in [6.07, 6.45) is 0. The van der Waals surface area contributed by atoms with Crippen LogP contribution in [0.4, 0.5) is 0 Å². The molecule has 380 valence electrons. The van der Waals surface area contributed by atoms with Gasteiger partial charge in [0.2, 0.25) is 0 Å². The van der Waals surface area contributed by atoms with Crippen molar-refractivity contribution in [2.45, 2.75) is 111 Å². The molecule has 69 heavy (non-hydrogen) atoms. The molecule has 25 heteroatoms. The molecule has 0 bridgehead atoms. The number of carbonyl (C=O) groups is 20. The van der Waals surface area contributed by atoms with E-state index in [0.717, 1.165) is 111 Å². The molecular weight excluding hydrogens is 960 g/mol. The van der Waals surface area contributed by atoms with Crippen molar-refractivity contribution in [1.29, 1.82) is 0 Å². The van der Waals surface area contributed by atoms with Crippen LogP contribution in [-0.4, -0.2) is 137 Å². The Hall–Kier alpha value is -6.69. The smallest absolute Gasteiger partial charge is 0.326 e. The number of hydrogen-bond donors (Lipinski definition) is 4. The van der Waals surface area contributed by atoms with Crippen LogP contribution >= 0.6 is 0 Å². The van der Waals surface area contributed by atoms with E-state index in [2.05, 4.69) is 0 Å². The Morgan fingerprint density at radius 2 is 0.290 bits per heavy atom. The molecule has 0 aromatic rings. The van der Waals surface area contributed by atoms with E-state index in [-0.39, 0.29) is 21.7 Å². The van der Waals surface area contributed by atoms with E-state index in [4.69, 9.17) is 20.4 Å². The van der Waals surface area contributed by atoms with Gasteiger partial charge in [0, 0.05) is 21.7 Å². The molecule has 0 fully saturated rings. The first-order chi connectivity index (χ1) is 30.4. The Morgan fingerprint density at radius 3 is 0.304 bits per heavy atom. The Labute approximate surface area is 409 Å². The van der Waals surface area contributed by atoms with E-state index in [0.29, 0.717) is 0 Å². The maximum absolute atomic E-state index is 11.5. The summed E-state index contributed by atoms with van der Waals surface area (Å²) in [4.78, 5) is 228. The number of ketones is 16. The minimum atomic E-state index is -2.60. The summed E-state index contributed by atoms with van der Waals surface area (Å²) in [5, 5.41) is 36.3. The van der Waals surface area contributed by atoms with Crippen molar-refractivity contribution in [3.8, 4) is 0 Å². The number of Topliss-reactive ketones (excluding diaryl/α,β-unsaturated/α-hetero) is 16. The Kier molecular flexibility index (Phi) is 28.9. The fourth-order valence-corrected chi connectivity index (χ4v) is 7.90. The van der Waals surface area contributed by atoms with Crippen LogP contribution in [0.2, 0.25) is 0 Å². The molecule has 0 spiro atoms. The van der Waals surface area contributed by atoms with Crippen molar-refractivity contribution in [1.82, 2.24) is 0 Å². The number of rotatable bonds is 24. The van der Waals surface area contributed by atoms with Gasteiger partial charge in [-0.3, -0.25) is 95.9 Å². The van der Waals surface area contributed by atoms with Gasteiger partial charge in [0.25, 0.3) is 0 Å². The number of hydrogen-bond acceptors (Lipinski definition) is 20. The predicted molar refractivity (Wildman–Crippen MR) is 225 cm³/mol. The first-order valence-electron chi connectivity index (χ1n) is 19.4. The first kappa shape index (κ1) is 71.3. The van der Waals surface area contributed by atoms with Crippen LogP contribution in [0.25, 0.3) is 0 Å². The van der Waals surface area contributed by atoms with E-state index < -0.39 is 162 Å². The van der Waals surface area contributed by atoms with Crippen LogP contribution in [-0.2, 0) is 118 Å². The normalized spacial score (nSPS) is 11.0. The molecule has 0 heterocycles. The molecular formula is C44H56O24Ti. The van der Waals surface area contributed by atoms with Crippen molar-refractivity contribution in [2.24, 2.45) is 45.3 Å². The van der Waals surface area contributed by atoms with Crippen LogP contribution in [0.1, 0.15) is 111 Å². The van der Waals surface area contributed by atoms with Crippen molar-refractivity contribution in [3.63, 3.8) is 0 Å². The van der Waals surface area contributed by atoms with Gasteiger partial charge in [0.05, 0.1) is 0 Å². The molecule has 0 aliphatic carbocycles. The third kappa shape index (κ3) is 14.7. The van der Waals surface area contributed by atoms with Gasteiger partial charge in [-0.25, -0.2) is 0 Å². The second-order valence-electron chi connectivity index (χ2n) is 15.5. The summed E-state index contributed by atoms with van der Waals surface area (Å²) in [6.45, 7) is 14.9. The SMILES string of the molecule is CC(=O)C(C(C)=O)C(C(C)=O)(C(C)=O)C(=O)O.CC(=O)C(C(C)=O)C(C(C)=O)(C(C)=O)C(=O)O.CC(=O)C(C(C)=O)C(C(C)=O)(C(C)=O)C(=O)O.CC(=O)C(C(C)=O)C(C(C)=O)(C(C)=O)C(=O)O.[Ti]. The van der Waals surface area contributed by atoms with Crippen LogP contribution < -0.4 is 0 Å². The van der Waals surface area contributed by atoms with Gasteiger partial charge in [0.15, 0.2) is 67.9 Å². The van der Waals surface area contributed by atoms with Gasteiger partial charge in [-0.2, -0.15) is 0 Å². The minimum absolute atomic E-state index is 0. The zero-order valence-corrected chi connectivity index (χ0v) is 42.3. The first-order valence-corrected chi connectivity index (χ1v) is 19.4. The molecule has 0 saturated heterocycles. The van der Waals surface area contributed by atoms with Crippen LogP contribution in [0.15, 0.2) is 0 Å². The number of aliphatic carboxylic acids is 4. The van der Waals surface area contributed by atoms with Crippen LogP contribution in [0, 0.1) is 45.3 Å². The predicted octanol–water partition coefficient (Wildman–Crippen LogP) is 0.116. The zero-order valence-electron chi connectivity index (χ0n) is 40.8. The third-order valence-electron chi connectivity index (χ3n) is 10.8. The molecule has 24 nitrogen and oxygen atoms in total. The standard InChI is InChI=1S/4C11H14O6.Ti/c4*1-5(12)9(6(2)13)11(7(3)14,8(4)15)10(16)17;/h4*9H,1-4H3,(H,16,17);. The Bertz CT molecular complexity index is 1740. The summed E-state index contributed by atoms with van der Waals surface area (Å²) in [6, 6.07) is 0. The van der Waals surface area contributed by atoms with E-state index in [1.54, 1.807) is 0 Å². The van der Waals surface area contributed by atoms with Crippen molar-refractivity contribution >= 4 is 116 Å². The van der Waals surface area contributed by atoms with Crippen molar-refractivity contribution < 1.29 is 138 Å². The van der Waals surface area contributed by atoms with Crippen LogP contribution in [0.3, 0.4) is 0 Å². The van der Waals surface area contributed by atoms with Gasteiger partial charge in [-0.1, -0.05) is 0 Å². The van der Waals surface area contributed by atoms with E-state index in [1.165, 1.54) is 0 Å². The summed E-state index contributed by atoms with van der Waals surface area (Å²) < 4.78 is 0. The van der Waals surface area contributed by atoms with Gasteiger partial charge in [-0.05, 0) is 111 Å². The molecule has 0 aromatic carbocycles. The largest absolute Gasteiger partial charge is 0.480 e. The summed E-state index contributed by atoms with van der Waals surface area (Å²) >= 11 is 0. The topological polar surface area (TPSA) is 422 Å². The van der Waals surface area contributed by atoms with E-state index >= 15 is 0 Å². The van der Waals surface area contributed by atoms with Gasteiger partial charge >= 0.3 is 23.9 Å². The average molecular weight is 1020 g/mol. The zero-order chi connectivity index (χ0) is 55.9. The number of carbonyl (C=O) groups excluding carboxylic acids is 16.